The predicted octanol–water partition coefficient (Wildman–Crippen LogP) is 2.97. The van der Waals surface area contributed by atoms with Crippen LogP contribution in [0.1, 0.15) is 44.8 Å². The van der Waals surface area contributed by atoms with Crippen LogP contribution in [0.4, 0.5) is 0 Å². The largest absolute Gasteiger partial charge is 0.491 e. The van der Waals surface area contributed by atoms with E-state index in [2.05, 4.69) is 6.07 Å². The molecule has 0 radical (unpaired) electrons. The molecule has 0 saturated carbocycles. The Balaban J connectivity index is 1.88. The van der Waals surface area contributed by atoms with E-state index in [4.69, 9.17) is 9.47 Å². The molecule has 21 heavy (non-hydrogen) atoms. The highest BCUT2D eigenvalue weighted by Gasteiger charge is 2.57. The summed E-state index contributed by atoms with van der Waals surface area (Å²) in [7, 11) is 0. The standard InChI is InChI=1S/C17H21NO3/c1-11(2)20-13-5-3-4-12(8-13)16(19)17(10-18)9-14-6-7-15(17)21-14/h3-5,8,11,14-16,19H,6-7,9H2,1-2H3. The average molecular weight is 287 g/mol. The molecule has 2 bridgehead atoms. The molecule has 2 aliphatic heterocycles. The van der Waals surface area contributed by atoms with Crippen LogP contribution in [-0.2, 0) is 4.74 Å². The second-order valence-corrected chi connectivity index (χ2v) is 6.32. The summed E-state index contributed by atoms with van der Waals surface area (Å²) < 4.78 is 11.5. The lowest BCUT2D eigenvalue weighted by Gasteiger charge is -2.33. The van der Waals surface area contributed by atoms with Gasteiger partial charge in [0, 0.05) is 0 Å². The third-order valence-corrected chi connectivity index (χ3v) is 4.49. The summed E-state index contributed by atoms with van der Waals surface area (Å²) in [4.78, 5) is 0. The Hall–Kier alpha value is -1.57. The van der Waals surface area contributed by atoms with Crippen molar-refractivity contribution >= 4 is 0 Å². The minimum absolute atomic E-state index is 0.0770. The number of aliphatic hydroxyl groups excluding tert-OH is 1. The van der Waals surface area contributed by atoms with Gasteiger partial charge in [-0.3, -0.25) is 0 Å². The lowest BCUT2D eigenvalue weighted by atomic mass is 9.69. The molecule has 4 unspecified atom stereocenters. The molecule has 2 saturated heterocycles. The first-order chi connectivity index (χ1) is 10.0. The number of aliphatic hydroxyl groups is 1. The molecule has 0 aliphatic carbocycles. The summed E-state index contributed by atoms with van der Waals surface area (Å²) in [6.07, 6.45) is 1.68. The Labute approximate surface area is 125 Å². The van der Waals surface area contributed by atoms with Crippen molar-refractivity contribution in [3.05, 3.63) is 29.8 Å². The number of fused-ring (bicyclic) bond motifs is 2. The molecule has 4 heteroatoms. The fourth-order valence-corrected chi connectivity index (χ4v) is 3.54. The monoisotopic (exact) mass is 287 g/mol. The summed E-state index contributed by atoms with van der Waals surface area (Å²) >= 11 is 0. The zero-order chi connectivity index (χ0) is 15.0. The first-order valence-corrected chi connectivity index (χ1v) is 7.56. The summed E-state index contributed by atoms with van der Waals surface area (Å²) in [6, 6.07) is 9.75. The van der Waals surface area contributed by atoms with Crippen molar-refractivity contribution < 1.29 is 14.6 Å². The van der Waals surface area contributed by atoms with Gasteiger partial charge in [0.25, 0.3) is 0 Å². The molecule has 2 fully saturated rings. The van der Waals surface area contributed by atoms with Gasteiger partial charge in [0.15, 0.2) is 0 Å². The van der Waals surface area contributed by atoms with Crippen molar-refractivity contribution in [2.75, 3.05) is 0 Å². The highest BCUT2D eigenvalue weighted by Crippen LogP contribution is 2.54. The quantitative estimate of drug-likeness (QED) is 0.924. The van der Waals surface area contributed by atoms with Crippen LogP contribution in [0.15, 0.2) is 24.3 Å². The van der Waals surface area contributed by atoms with E-state index in [-0.39, 0.29) is 18.3 Å². The van der Waals surface area contributed by atoms with Crippen LogP contribution in [0.2, 0.25) is 0 Å². The molecular weight excluding hydrogens is 266 g/mol. The number of ether oxygens (including phenoxy) is 2. The Morgan fingerprint density at radius 1 is 1.43 bits per heavy atom. The van der Waals surface area contributed by atoms with Gasteiger partial charge in [-0.05, 0) is 50.8 Å². The van der Waals surface area contributed by atoms with Crippen LogP contribution in [0.3, 0.4) is 0 Å². The van der Waals surface area contributed by atoms with Crippen molar-refractivity contribution in [2.24, 2.45) is 5.41 Å². The van der Waals surface area contributed by atoms with Crippen LogP contribution < -0.4 is 4.74 Å². The molecule has 1 N–H and O–H groups in total. The minimum atomic E-state index is -0.839. The van der Waals surface area contributed by atoms with Crippen LogP contribution in [0.25, 0.3) is 0 Å². The Bertz CT molecular complexity index is 565. The Morgan fingerprint density at radius 3 is 2.81 bits per heavy atom. The molecule has 4 nitrogen and oxygen atoms in total. The van der Waals surface area contributed by atoms with E-state index in [1.807, 2.05) is 38.1 Å². The molecule has 0 spiro atoms. The molecule has 1 aromatic rings. The van der Waals surface area contributed by atoms with Crippen molar-refractivity contribution in [1.29, 1.82) is 5.26 Å². The number of nitrogens with zero attached hydrogens (tertiary/aromatic N) is 1. The number of hydrogen-bond donors (Lipinski definition) is 1. The number of rotatable bonds is 4. The minimum Gasteiger partial charge on any atom is -0.491 e. The van der Waals surface area contributed by atoms with Gasteiger partial charge in [0.2, 0.25) is 0 Å². The predicted molar refractivity (Wildman–Crippen MR) is 77.7 cm³/mol. The highest BCUT2D eigenvalue weighted by molar-refractivity contribution is 5.33. The van der Waals surface area contributed by atoms with Gasteiger partial charge >= 0.3 is 0 Å². The van der Waals surface area contributed by atoms with Crippen LogP contribution >= 0.6 is 0 Å². The molecule has 0 aromatic heterocycles. The van der Waals surface area contributed by atoms with Gasteiger partial charge in [-0.1, -0.05) is 12.1 Å². The summed E-state index contributed by atoms with van der Waals surface area (Å²) in [5.41, 5.74) is -0.0924. The molecule has 0 amide bonds. The Kier molecular flexibility index (Phi) is 3.64. The molecule has 3 rings (SSSR count). The third-order valence-electron chi connectivity index (χ3n) is 4.49. The van der Waals surface area contributed by atoms with Crippen LogP contribution in [0.5, 0.6) is 5.75 Å². The van der Waals surface area contributed by atoms with E-state index in [1.54, 1.807) is 0 Å². The number of hydrogen-bond acceptors (Lipinski definition) is 4. The van der Waals surface area contributed by atoms with E-state index >= 15 is 0 Å². The van der Waals surface area contributed by atoms with E-state index in [1.165, 1.54) is 0 Å². The Morgan fingerprint density at radius 2 is 2.24 bits per heavy atom. The third kappa shape index (κ3) is 2.41. The van der Waals surface area contributed by atoms with Crippen molar-refractivity contribution in [2.45, 2.75) is 57.5 Å². The molecule has 112 valence electrons. The zero-order valence-corrected chi connectivity index (χ0v) is 12.5. The van der Waals surface area contributed by atoms with Gasteiger partial charge in [-0.15, -0.1) is 0 Å². The molecule has 2 aliphatic rings. The van der Waals surface area contributed by atoms with Crippen LogP contribution in [0, 0.1) is 16.7 Å². The average Bonchev–Trinajstić information content (AvgIpc) is 3.07. The summed E-state index contributed by atoms with van der Waals surface area (Å²) in [5.74, 6) is 0.721. The SMILES string of the molecule is CC(C)Oc1cccc(C(O)C2(C#N)CC3CCC2O3)c1. The number of nitriles is 1. The van der Waals surface area contributed by atoms with Gasteiger partial charge < -0.3 is 14.6 Å². The fourth-order valence-electron chi connectivity index (χ4n) is 3.54. The number of benzene rings is 1. The van der Waals surface area contributed by atoms with Crippen molar-refractivity contribution in [3.8, 4) is 11.8 Å². The van der Waals surface area contributed by atoms with Gasteiger partial charge in [-0.25, -0.2) is 0 Å². The van der Waals surface area contributed by atoms with Crippen molar-refractivity contribution in [1.82, 2.24) is 0 Å². The molecule has 1 aromatic carbocycles. The first kappa shape index (κ1) is 14.4. The first-order valence-electron chi connectivity index (χ1n) is 7.56. The van der Waals surface area contributed by atoms with Gasteiger partial charge in [0.05, 0.1) is 24.4 Å². The van der Waals surface area contributed by atoms with Crippen molar-refractivity contribution in [3.63, 3.8) is 0 Å². The zero-order valence-electron chi connectivity index (χ0n) is 12.5. The van der Waals surface area contributed by atoms with Crippen LogP contribution in [-0.4, -0.2) is 23.4 Å². The maximum absolute atomic E-state index is 10.8. The second-order valence-electron chi connectivity index (χ2n) is 6.32. The molecule has 2 heterocycles. The summed E-state index contributed by atoms with van der Waals surface area (Å²) in [6.45, 7) is 3.92. The smallest absolute Gasteiger partial charge is 0.120 e. The lowest BCUT2D eigenvalue weighted by Crippen LogP contribution is -2.37. The van der Waals surface area contributed by atoms with Gasteiger partial charge in [-0.2, -0.15) is 5.26 Å². The lowest BCUT2D eigenvalue weighted by molar-refractivity contribution is 0.00327. The van der Waals surface area contributed by atoms with E-state index in [9.17, 15) is 10.4 Å². The van der Waals surface area contributed by atoms with Gasteiger partial charge in [0.1, 0.15) is 17.3 Å². The topological polar surface area (TPSA) is 62.5 Å². The highest BCUT2D eigenvalue weighted by atomic mass is 16.5. The second kappa shape index (κ2) is 5.32. The van der Waals surface area contributed by atoms with E-state index in [0.29, 0.717) is 6.42 Å². The maximum Gasteiger partial charge on any atom is 0.120 e. The summed E-state index contributed by atoms with van der Waals surface area (Å²) in [5, 5.41) is 20.5. The maximum atomic E-state index is 10.8. The normalized spacial score (nSPS) is 32.1. The van der Waals surface area contributed by atoms with E-state index < -0.39 is 11.5 Å². The molecular formula is C17H21NO3. The fraction of sp³-hybridized carbons (Fsp3) is 0.588. The van der Waals surface area contributed by atoms with E-state index in [0.717, 1.165) is 24.2 Å². The molecule has 4 atom stereocenters.